The molecule has 0 aliphatic rings. The van der Waals surface area contributed by atoms with Gasteiger partial charge in [-0.1, -0.05) is 12.1 Å². The van der Waals surface area contributed by atoms with Gasteiger partial charge < -0.3 is 15.4 Å². The van der Waals surface area contributed by atoms with Gasteiger partial charge in [0, 0.05) is 12.7 Å². The summed E-state index contributed by atoms with van der Waals surface area (Å²) >= 11 is 0. The molecule has 0 saturated carbocycles. The molecule has 2 rings (SSSR count). The van der Waals surface area contributed by atoms with Gasteiger partial charge in [-0.05, 0) is 38.0 Å². The molecule has 0 saturated heterocycles. The van der Waals surface area contributed by atoms with E-state index in [1.807, 2.05) is 20.8 Å². The number of nitrogens with one attached hydrogen (secondary N) is 2. The van der Waals surface area contributed by atoms with Gasteiger partial charge >= 0.3 is 6.01 Å². The molecule has 0 amide bonds. The van der Waals surface area contributed by atoms with Crippen LogP contribution < -0.4 is 15.4 Å². The summed E-state index contributed by atoms with van der Waals surface area (Å²) < 4.78 is 5.34. The molecule has 6 nitrogen and oxygen atoms in total. The van der Waals surface area contributed by atoms with E-state index >= 15 is 0 Å². The topological polar surface area (TPSA) is 72.0 Å². The Balaban J connectivity index is 2.32. The van der Waals surface area contributed by atoms with Crippen LogP contribution in [0.25, 0.3) is 0 Å². The Labute approximate surface area is 118 Å². The fourth-order valence-corrected chi connectivity index (χ4v) is 1.71. The van der Waals surface area contributed by atoms with Gasteiger partial charge in [-0.15, -0.1) is 0 Å². The highest BCUT2D eigenvalue weighted by molar-refractivity contribution is 5.60. The minimum absolute atomic E-state index is 0.305. The van der Waals surface area contributed by atoms with Gasteiger partial charge in [-0.3, -0.25) is 0 Å². The van der Waals surface area contributed by atoms with Gasteiger partial charge in [-0.2, -0.15) is 15.0 Å². The lowest BCUT2D eigenvalue weighted by Gasteiger charge is -2.11. The third-order valence-corrected chi connectivity index (χ3v) is 2.75. The highest BCUT2D eigenvalue weighted by atomic mass is 16.5. The Kier molecular flexibility index (Phi) is 4.34. The zero-order valence-electron chi connectivity index (χ0n) is 12.2. The van der Waals surface area contributed by atoms with Crippen LogP contribution in [0.4, 0.5) is 17.6 Å². The molecule has 0 aliphatic carbocycles. The standard InChI is InChI=1S/C14H19N5O/c1-5-20-14-18-12(15-4)17-13(19-14)16-11-8-9(2)6-7-10(11)3/h6-8H,5H2,1-4H3,(H2,15,16,17,18,19). The molecule has 0 aliphatic heterocycles. The maximum atomic E-state index is 5.34. The highest BCUT2D eigenvalue weighted by Gasteiger charge is 2.08. The molecule has 2 N–H and O–H groups in total. The van der Waals surface area contributed by atoms with Crippen LogP contribution in [0.1, 0.15) is 18.1 Å². The number of anilines is 3. The number of nitrogens with zero attached hydrogens (tertiary/aromatic N) is 3. The van der Waals surface area contributed by atoms with Gasteiger partial charge in [0.2, 0.25) is 11.9 Å². The molecule has 0 bridgehead atoms. The van der Waals surface area contributed by atoms with Crippen LogP contribution in [0, 0.1) is 13.8 Å². The summed E-state index contributed by atoms with van der Waals surface area (Å²) in [5.41, 5.74) is 3.27. The van der Waals surface area contributed by atoms with Gasteiger partial charge in [-0.25, -0.2) is 0 Å². The molecule has 0 unspecified atom stereocenters. The summed E-state index contributed by atoms with van der Waals surface area (Å²) in [4.78, 5) is 12.6. The van der Waals surface area contributed by atoms with Crippen molar-refractivity contribution in [2.24, 2.45) is 0 Å². The molecule has 1 aromatic heterocycles. The van der Waals surface area contributed by atoms with Crippen LogP contribution in [0.15, 0.2) is 18.2 Å². The number of hydrogen-bond acceptors (Lipinski definition) is 6. The molecule has 1 heterocycles. The van der Waals surface area contributed by atoms with E-state index in [4.69, 9.17) is 4.74 Å². The monoisotopic (exact) mass is 273 g/mol. The third-order valence-electron chi connectivity index (χ3n) is 2.75. The first-order valence-corrected chi connectivity index (χ1v) is 6.53. The lowest BCUT2D eigenvalue weighted by Crippen LogP contribution is -2.07. The molecule has 106 valence electrons. The predicted octanol–water partition coefficient (Wildman–Crippen LogP) is 2.67. The second-order valence-corrected chi connectivity index (χ2v) is 4.39. The quantitative estimate of drug-likeness (QED) is 0.872. The molecule has 6 heteroatoms. The van der Waals surface area contributed by atoms with Crippen LogP contribution in [0.5, 0.6) is 6.01 Å². The van der Waals surface area contributed by atoms with Crippen molar-refractivity contribution in [2.45, 2.75) is 20.8 Å². The fourth-order valence-electron chi connectivity index (χ4n) is 1.71. The Morgan fingerprint density at radius 3 is 2.55 bits per heavy atom. The summed E-state index contributed by atoms with van der Waals surface area (Å²) in [5, 5.41) is 6.10. The Bertz CT molecular complexity index is 600. The SMILES string of the molecule is CCOc1nc(NC)nc(Nc2cc(C)ccc2C)n1. The average Bonchev–Trinajstić information content (AvgIpc) is 2.43. The molecule has 1 aromatic carbocycles. The van der Waals surface area contributed by atoms with E-state index in [1.54, 1.807) is 7.05 Å². The van der Waals surface area contributed by atoms with Crippen molar-refractivity contribution in [2.75, 3.05) is 24.3 Å². The first-order chi connectivity index (χ1) is 9.62. The van der Waals surface area contributed by atoms with Crippen LogP contribution in [-0.4, -0.2) is 28.6 Å². The van der Waals surface area contributed by atoms with Gasteiger partial charge in [0.25, 0.3) is 0 Å². The summed E-state index contributed by atoms with van der Waals surface area (Å²) in [6.45, 7) is 6.48. The van der Waals surface area contributed by atoms with Crippen molar-refractivity contribution < 1.29 is 4.74 Å². The predicted molar refractivity (Wildman–Crippen MR) is 79.7 cm³/mol. The maximum absolute atomic E-state index is 5.34. The molecule has 0 spiro atoms. The van der Waals surface area contributed by atoms with Crippen molar-refractivity contribution in [3.8, 4) is 6.01 Å². The lowest BCUT2D eigenvalue weighted by atomic mass is 10.1. The Morgan fingerprint density at radius 2 is 1.85 bits per heavy atom. The molecule has 20 heavy (non-hydrogen) atoms. The molecule has 0 fully saturated rings. The zero-order valence-corrected chi connectivity index (χ0v) is 12.2. The molecule has 2 aromatic rings. The minimum atomic E-state index is 0.305. The second kappa shape index (κ2) is 6.18. The van der Waals surface area contributed by atoms with Crippen molar-refractivity contribution in [3.05, 3.63) is 29.3 Å². The summed E-state index contributed by atoms with van der Waals surface area (Å²) in [7, 11) is 1.76. The van der Waals surface area contributed by atoms with E-state index < -0.39 is 0 Å². The Morgan fingerprint density at radius 1 is 1.10 bits per heavy atom. The van der Waals surface area contributed by atoms with Crippen LogP contribution >= 0.6 is 0 Å². The van der Waals surface area contributed by atoms with Crippen LogP contribution in [-0.2, 0) is 0 Å². The first kappa shape index (κ1) is 14.0. The number of ether oxygens (including phenoxy) is 1. The molecular formula is C14H19N5O. The van der Waals surface area contributed by atoms with Crippen LogP contribution in [0.2, 0.25) is 0 Å². The van der Waals surface area contributed by atoms with Crippen molar-refractivity contribution in [1.82, 2.24) is 15.0 Å². The third kappa shape index (κ3) is 3.34. The van der Waals surface area contributed by atoms with Crippen LogP contribution in [0.3, 0.4) is 0 Å². The van der Waals surface area contributed by atoms with E-state index in [-0.39, 0.29) is 0 Å². The van der Waals surface area contributed by atoms with E-state index in [0.29, 0.717) is 24.5 Å². The summed E-state index contributed by atoms with van der Waals surface area (Å²) in [5.74, 6) is 0.928. The number of aromatic nitrogens is 3. The molecule has 0 radical (unpaired) electrons. The zero-order chi connectivity index (χ0) is 14.5. The van der Waals surface area contributed by atoms with E-state index in [2.05, 4.69) is 43.8 Å². The van der Waals surface area contributed by atoms with E-state index in [9.17, 15) is 0 Å². The fraction of sp³-hybridized carbons (Fsp3) is 0.357. The highest BCUT2D eigenvalue weighted by Crippen LogP contribution is 2.21. The smallest absolute Gasteiger partial charge is 0.323 e. The average molecular weight is 273 g/mol. The normalized spacial score (nSPS) is 10.2. The summed E-state index contributed by atoms with van der Waals surface area (Å²) in [6.07, 6.45) is 0. The maximum Gasteiger partial charge on any atom is 0.323 e. The Hall–Kier alpha value is -2.37. The van der Waals surface area contributed by atoms with Crippen molar-refractivity contribution >= 4 is 17.6 Å². The minimum Gasteiger partial charge on any atom is -0.464 e. The molecule has 0 atom stereocenters. The first-order valence-electron chi connectivity index (χ1n) is 6.53. The second-order valence-electron chi connectivity index (χ2n) is 4.39. The largest absolute Gasteiger partial charge is 0.464 e. The van der Waals surface area contributed by atoms with Gasteiger partial charge in [0.1, 0.15) is 0 Å². The number of aryl methyl sites for hydroxylation is 2. The summed E-state index contributed by atoms with van der Waals surface area (Å²) in [6, 6.07) is 6.48. The van der Waals surface area contributed by atoms with E-state index in [1.165, 1.54) is 5.56 Å². The number of hydrogen-bond donors (Lipinski definition) is 2. The number of benzene rings is 1. The number of rotatable bonds is 5. The lowest BCUT2D eigenvalue weighted by molar-refractivity contribution is 0.312. The van der Waals surface area contributed by atoms with Gasteiger partial charge in [0.05, 0.1) is 6.61 Å². The van der Waals surface area contributed by atoms with Crippen molar-refractivity contribution in [1.29, 1.82) is 0 Å². The van der Waals surface area contributed by atoms with Crippen molar-refractivity contribution in [3.63, 3.8) is 0 Å². The van der Waals surface area contributed by atoms with E-state index in [0.717, 1.165) is 11.3 Å². The van der Waals surface area contributed by atoms with Gasteiger partial charge in [0.15, 0.2) is 0 Å². The molecular weight excluding hydrogens is 254 g/mol.